The third kappa shape index (κ3) is 5.29. The molecule has 1 heterocycles. The van der Waals surface area contributed by atoms with E-state index in [0.717, 1.165) is 10.0 Å². The number of rotatable bonds is 7. The number of carbonyl (C=O) groups excluding carboxylic acids is 2. The van der Waals surface area contributed by atoms with Crippen LogP contribution in [0.2, 0.25) is 0 Å². The molecule has 1 aliphatic rings. The second-order valence-corrected chi connectivity index (χ2v) is 8.91. The number of carboxylic acids is 1. The van der Waals surface area contributed by atoms with Crippen molar-refractivity contribution >= 4 is 62.8 Å². The smallest absolute Gasteiger partial charge is 0.335 e. The molecule has 4 rings (SSSR count). The van der Waals surface area contributed by atoms with Gasteiger partial charge in [-0.1, -0.05) is 40.2 Å². The van der Waals surface area contributed by atoms with Crippen molar-refractivity contribution in [3.63, 3.8) is 0 Å². The molecular weight excluding hydrogens is 548 g/mol. The highest BCUT2D eigenvalue weighted by atomic mass is 79.9. The van der Waals surface area contributed by atoms with Gasteiger partial charge in [-0.3, -0.25) is 19.8 Å². The van der Waals surface area contributed by atoms with E-state index >= 15 is 0 Å². The van der Waals surface area contributed by atoms with Crippen LogP contribution in [0.4, 0.5) is 5.69 Å². The molecule has 8 nitrogen and oxygen atoms in total. The number of amides is 2. The van der Waals surface area contributed by atoms with Crippen LogP contribution in [0.15, 0.2) is 76.8 Å². The van der Waals surface area contributed by atoms with E-state index in [1.54, 1.807) is 54.6 Å². The van der Waals surface area contributed by atoms with Crippen LogP contribution in [0, 0.1) is 0 Å². The van der Waals surface area contributed by atoms with E-state index in [1.165, 1.54) is 30.2 Å². The van der Waals surface area contributed by atoms with Crippen molar-refractivity contribution in [3.8, 4) is 11.5 Å². The summed E-state index contributed by atoms with van der Waals surface area (Å²) in [7, 11) is 1.48. The lowest BCUT2D eigenvalue weighted by Crippen LogP contribution is -2.54. The molecule has 10 heteroatoms. The fraction of sp³-hybridized carbons (Fsp3) is 0.0769. The summed E-state index contributed by atoms with van der Waals surface area (Å²) in [6, 6.07) is 18.3. The molecule has 3 aromatic rings. The molecule has 0 spiro atoms. The first-order valence-corrected chi connectivity index (χ1v) is 11.8. The lowest BCUT2D eigenvalue weighted by Gasteiger charge is -2.29. The van der Waals surface area contributed by atoms with Gasteiger partial charge in [0, 0.05) is 10.0 Å². The van der Waals surface area contributed by atoms with Gasteiger partial charge in [-0.2, -0.15) is 0 Å². The van der Waals surface area contributed by atoms with Crippen molar-refractivity contribution in [1.82, 2.24) is 5.32 Å². The lowest BCUT2D eigenvalue weighted by molar-refractivity contribution is -0.122. The number of carbonyl (C=O) groups is 3. The number of anilines is 1. The van der Waals surface area contributed by atoms with Gasteiger partial charge in [0.15, 0.2) is 16.6 Å². The molecule has 0 atom stereocenters. The van der Waals surface area contributed by atoms with Gasteiger partial charge in [-0.15, -0.1) is 0 Å². The number of hydrogen-bond donors (Lipinski definition) is 2. The predicted octanol–water partition coefficient (Wildman–Crippen LogP) is 4.57. The molecule has 3 aromatic carbocycles. The van der Waals surface area contributed by atoms with E-state index < -0.39 is 17.8 Å². The van der Waals surface area contributed by atoms with E-state index in [2.05, 4.69) is 21.2 Å². The lowest BCUT2D eigenvalue weighted by atomic mass is 10.1. The van der Waals surface area contributed by atoms with Crippen LogP contribution in [-0.4, -0.2) is 35.1 Å². The van der Waals surface area contributed by atoms with E-state index in [4.69, 9.17) is 26.8 Å². The Morgan fingerprint density at radius 1 is 1.08 bits per heavy atom. The van der Waals surface area contributed by atoms with Crippen molar-refractivity contribution in [2.45, 2.75) is 6.61 Å². The Balaban J connectivity index is 1.67. The Morgan fingerprint density at radius 3 is 2.42 bits per heavy atom. The van der Waals surface area contributed by atoms with Gasteiger partial charge in [0.25, 0.3) is 11.8 Å². The molecule has 0 saturated carbocycles. The van der Waals surface area contributed by atoms with E-state index in [-0.39, 0.29) is 22.9 Å². The van der Waals surface area contributed by atoms with Gasteiger partial charge >= 0.3 is 5.97 Å². The number of para-hydroxylation sites is 1. The van der Waals surface area contributed by atoms with Crippen molar-refractivity contribution < 1.29 is 29.0 Å². The minimum atomic E-state index is -1.02. The third-order valence-corrected chi connectivity index (χ3v) is 6.11. The van der Waals surface area contributed by atoms with E-state index in [0.29, 0.717) is 22.7 Å². The average molecular weight is 567 g/mol. The molecular formula is C26H19BrN2O6S. The molecule has 182 valence electrons. The molecule has 0 bridgehead atoms. The molecule has 2 N–H and O–H groups in total. The fourth-order valence-corrected chi connectivity index (χ4v) is 4.04. The molecule has 0 aromatic heterocycles. The predicted molar refractivity (Wildman–Crippen MR) is 141 cm³/mol. The molecule has 1 aliphatic heterocycles. The second kappa shape index (κ2) is 10.7. The molecule has 2 amide bonds. The van der Waals surface area contributed by atoms with Gasteiger partial charge in [0.1, 0.15) is 12.2 Å². The third-order valence-electron chi connectivity index (χ3n) is 5.30. The van der Waals surface area contributed by atoms with Crippen LogP contribution in [0.25, 0.3) is 6.08 Å². The Bertz CT molecular complexity index is 1390. The van der Waals surface area contributed by atoms with Gasteiger partial charge in [0.2, 0.25) is 0 Å². The number of nitrogens with zero attached hydrogens (tertiary/aromatic N) is 1. The number of thiocarbonyl (C=S) groups is 1. The number of nitrogens with one attached hydrogen (secondary N) is 1. The average Bonchev–Trinajstić information content (AvgIpc) is 2.86. The first-order valence-electron chi connectivity index (χ1n) is 10.6. The maximum atomic E-state index is 13.3. The number of ether oxygens (including phenoxy) is 2. The first kappa shape index (κ1) is 25.1. The van der Waals surface area contributed by atoms with E-state index in [9.17, 15) is 14.4 Å². The molecule has 36 heavy (non-hydrogen) atoms. The van der Waals surface area contributed by atoms with Crippen LogP contribution in [0.1, 0.15) is 21.5 Å². The van der Waals surface area contributed by atoms with Crippen LogP contribution in [0.3, 0.4) is 0 Å². The van der Waals surface area contributed by atoms with Crippen molar-refractivity contribution in [1.29, 1.82) is 0 Å². The Kier molecular flexibility index (Phi) is 7.47. The first-order chi connectivity index (χ1) is 17.3. The SMILES string of the molecule is COc1cccc(/C=C2\C(=O)NC(=S)N(c3ccc(Br)cc3)C2=O)c1OCc1ccc(C(=O)O)cc1. The standard InChI is InChI=1S/C26H19BrN2O6S/c1-34-21-4-2-3-17(22(21)35-14-15-5-7-16(8-6-15)25(32)33)13-20-23(30)28-26(36)29(24(20)31)19-11-9-18(27)10-12-19/h2-13H,14H2,1H3,(H,32,33)(H,28,30,36)/b20-13+. The summed E-state index contributed by atoms with van der Waals surface area (Å²) in [4.78, 5) is 38.4. The fourth-order valence-electron chi connectivity index (χ4n) is 3.50. The topological polar surface area (TPSA) is 105 Å². The molecule has 0 unspecified atom stereocenters. The number of halogens is 1. The monoisotopic (exact) mass is 566 g/mol. The summed E-state index contributed by atoms with van der Waals surface area (Å²) in [5.74, 6) is -1.51. The summed E-state index contributed by atoms with van der Waals surface area (Å²) in [5, 5.41) is 11.6. The van der Waals surface area contributed by atoms with Crippen LogP contribution >= 0.6 is 28.1 Å². The molecule has 1 fully saturated rings. The number of hydrogen-bond acceptors (Lipinski definition) is 6. The van der Waals surface area contributed by atoms with Gasteiger partial charge in [-0.05, 0) is 66.3 Å². The quantitative estimate of drug-likeness (QED) is 0.245. The number of carboxylic acid groups (broad SMARTS) is 1. The summed E-state index contributed by atoms with van der Waals surface area (Å²) >= 11 is 8.61. The number of methoxy groups -OCH3 is 1. The zero-order valence-corrected chi connectivity index (χ0v) is 21.3. The summed E-state index contributed by atoms with van der Waals surface area (Å²) in [6.45, 7) is 0.103. The van der Waals surface area contributed by atoms with Crippen molar-refractivity contribution in [2.24, 2.45) is 0 Å². The minimum absolute atomic E-state index is 0.0172. The maximum absolute atomic E-state index is 13.3. The van der Waals surface area contributed by atoms with Gasteiger partial charge < -0.3 is 14.6 Å². The number of benzene rings is 3. The van der Waals surface area contributed by atoms with Crippen molar-refractivity contribution in [2.75, 3.05) is 12.0 Å². The highest BCUT2D eigenvalue weighted by Gasteiger charge is 2.34. The van der Waals surface area contributed by atoms with E-state index in [1.807, 2.05) is 0 Å². The Morgan fingerprint density at radius 2 is 1.78 bits per heavy atom. The highest BCUT2D eigenvalue weighted by molar-refractivity contribution is 9.10. The maximum Gasteiger partial charge on any atom is 0.335 e. The zero-order chi connectivity index (χ0) is 25.8. The van der Waals surface area contributed by atoms with Crippen LogP contribution in [0.5, 0.6) is 11.5 Å². The molecule has 1 saturated heterocycles. The summed E-state index contributed by atoms with van der Waals surface area (Å²) in [6.07, 6.45) is 1.43. The highest BCUT2D eigenvalue weighted by Crippen LogP contribution is 2.34. The Labute approximate surface area is 220 Å². The minimum Gasteiger partial charge on any atom is -0.493 e. The molecule has 0 radical (unpaired) electrons. The second-order valence-electron chi connectivity index (χ2n) is 7.60. The van der Waals surface area contributed by atoms with Crippen LogP contribution in [-0.2, 0) is 16.2 Å². The number of aromatic carboxylic acids is 1. The Hall–Kier alpha value is -4.02. The molecule has 0 aliphatic carbocycles. The van der Waals surface area contributed by atoms with Crippen molar-refractivity contribution in [3.05, 3.63) is 93.5 Å². The summed E-state index contributed by atoms with van der Waals surface area (Å²) < 4.78 is 12.3. The van der Waals surface area contributed by atoms with Gasteiger partial charge in [0.05, 0.1) is 18.4 Å². The summed E-state index contributed by atoms with van der Waals surface area (Å²) in [5.41, 5.74) is 1.71. The van der Waals surface area contributed by atoms with Crippen LogP contribution < -0.4 is 19.7 Å². The van der Waals surface area contributed by atoms with Gasteiger partial charge in [-0.25, -0.2) is 4.79 Å². The zero-order valence-electron chi connectivity index (χ0n) is 18.9. The largest absolute Gasteiger partial charge is 0.493 e. The normalized spacial score (nSPS) is 14.6.